The van der Waals surface area contributed by atoms with Crippen LogP contribution in [0.25, 0.3) is 0 Å². The van der Waals surface area contributed by atoms with E-state index in [0.717, 1.165) is 11.3 Å². The van der Waals surface area contributed by atoms with Crippen molar-refractivity contribution in [3.05, 3.63) is 29.8 Å². The zero-order valence-electron chi connectivity index (χ0n) is 14.3. The maximum Gasteiger partial charge on any atom is 0.321 e. The van der Waals surface area contributed by atoms with Crippen molar-refractivity contribution in [2.45, 2.75) is 45.2 Å². The van der Waals surface area contributed by atoms with Gasteiger partial charge < -0.3 is 15.0 Å². The number of amides is 2. The van der Waals surface area contributed by atoms with Crippen LogP contribution in [0, 0.1) is 0 Å². The lowest BCUT2D eigenvalue weighted by molar-refractivity contribution is 0.0660. The molecule has 5 nitrogen and oxygen atoms in total. The number of rotatable bonds is 4. The van der Waals surface area contributed by atoms with Gasteiger partial charge in [0.25, 0.3) is 0 Å². The highest BCUT2D eigenvalue weighted by molar-refractivity contribution is 7.86. The van der Waals surface area contributed by atoms with Crippen LogP contribution < -0.4 is 5.32 Å². The molecule has 6 heteroatoms. The zero-order valence-corrected chi connectivity index (χ0v) is 15.1. The Labute approximate surface area is 140 Å². The Kier molecular flexibility index (Phi) is 5.81. The quantitative estimate of drug-likeness (QED) is 0.918. The van der Waals surface area contributed by atoms with Crippen LogP contribution in [0.5, 0.6) is 0 Å². The molecule has 2 rings (SSSR count). The molecule has 0 radical (unpaired) electrons. The molecule has 1 fully saturated rings. The second-order valence-electron chi connectivity index (χ2n) is 6.68. The largest absolute Gasteiger partial charge is 0.374 e. The molecule has 0 aromatic heterocycles. The molecule has 0 aliphatic carbocycles. The normalized spacial score (nSPS) is 20.6. The van der Waals surface area contributed by atoms with Crippen LogP contribution in [-0.4, -0.2) is 44.8 Å². The molecule has 1 aromatic rings. The fraction of sp³-hybridized carbons (Fsp3) is 0.588. The number of para-hydroxylation sites is 1. The van der Waals surface area contributed by atoms with Gasteiger partial charge in [-0.3, -0.25) is 4.21 Å². The van der Waals surface area contributed by atoms with Gasteiger partial charge in [-0.05, 0) is 33.8 Å². The first-order valence-electron chi connectivity index (χ1n) is 7.93. The Hall–Kier alpha value is -1.40. The van der Waals surface area contributed by atoms with Crippen LogP contribution in [0.4, 0.5) is 10.5 Å². The average molecular weight is 338 g/mol. The first-order chi connectivity index (χ1) is 10.8. The molecule has 0 spiro atoms. The third-order valence-electron chi connectivity index (χ3n) is 3.85. The summed E-state index contributed by atoms with van der Waals surface area (Å²) in [6.45, 7) is 9.32. The summed E-state index contributed by atoms with van der Waals surface area (Å²) in [5.74, 6) is 0.526. The van der Waals surface area contributed by atoms with Crippen LogP contribution in [0.1, 0.15) is 33.3 Å². The Morgan fingerprint density at radius 3 is 2.74 bits per heavy atom. The van der Waals surface area contributed by atoms with E-state index < -0.39 is 10.8 Å². The smallest absolute Gasteiger partial charge is 0.321 e. The third kappa shape index (κ3) is 4.78. The Morgan fingerprint density at radius 1 is 1.39 bits per heavy atom. The van der Waals surface area contributed by atoms with Crippen molar-refractivity contribution >= 4 is 22.5 Å². The van der Waals surface area contributed by atoms with Gasteiger partial charge in [0.15, 0.2) is 0 Å². The molecule has 1 atom stereocenters. The van der Waals surface area contributed by atoms with Gasteiger partial charge in [0.05, 0.1) is 17.5 Å². The number of ether oxygens (including phenoxy) is 1. The van der Waals surface area contributed by atoms with E-state index in [1.807, 2.05) is 52.0 Å². The van der Waals surface area contributed by atoms with Crippen LogP contribution >= 0.6 is 0 Å². The molecule has 1 heterocycles. The molecule has 1 aliphatic heterocycles. The van der Waals surface area contributed by atoms with E-state index in [2.05, 4.69) is 5.32 Å². The number of nitrogens with zero attached hydrogens (tertiary/aromatic N) is 1. The fourth-order valence-corrected chi connectivity index (χ4v) is 3.71. The highest BCUT2D eigenvalue weighted by Crippen LogP contribution is 2.22. The van der Waals surface area contributed by atoms with Crippen LogP contribution in [-0.2, 0) is 22.1 Å². The lowest BCUT2D eigenvalue weighted by atomic mass is 10.2. The Balaban J connectivity index is 2.04. The van der Waals surface area contributed by atoms with E-state index in [0.29, 0.717) is 25.4 Å². The minimum atomic E-state index is -0.889. The Bertz CT molecular complexity index is 587. The molecule has 0 unspecified atom stereocenters. The van der Waals surface area contributed by atoms with Gasteiger partial charge in [-0.2, -0.15) is 0 Å². The van der Waals surface area contributed by atoms with E-state index in [-0.39, 0.29) is 16.9 Å². The van der Waals surface area contributed by atoms with Crippen molar-refractivity contribution < 1.29 is 13.7 Å². The number of benzene rings is 1. The number of hydrogen-bond acceptors (Lipinski definition) is 3. The molecule has 1 saturated heterocycles. The van der Waals surface area contributed by atoms with Crippen LogP contribution in [0.2, 0.25) is 0 Å². The summed E-state index contributed by atoms with van der Waals surface area (Å²) in [5, 5.41) is 2.96. The van der Waals surface area contributed by atoms with Crippen molar-refractivity contribution in [2.75, 3.05) is 24.2 Å². The van der Waals surface area contributed by atoms with Gasteiger partial charge in [-0.25, -0.2) is 4.79 Å². The number of urea groups is 1. The summed E-state index contributed by atoms with van der Waals surface area (Å²) in [5.41, 5.74) is 1.72. The predicted octanol–water partition coefficient (Wildman–Crippen LogP) is 2.99. The first-order valence-corrected chi connectivity index (χ1v) is 9.25. The van der Waals surface area contributed by atoms with Gasteiger partial charge in [-0.15, -0.1) is 0 Å². The molecule has 1 N–H and O–H groups in total. The van der Waals surface area contributed by atoms with Crippen molar-refractivity contribution in [3.8, 4) is 0 Å². The predicted molar refractivity (Wildman–Crippen MR) is 94.0 cm³/mol. The minimum Gasteiger partial charge on any atom is -0.374 e. The van der Waals surface area contributed by atoms with Gasteiger partial charge in [0.1, 0.15) is 0 Å². The summed E-state index contributed by atoms with van der Waals surface area (Å²) in [7, 11) is -0.889. The lowest BCUT2D eigenvalue weighted by Crippen LogP contribution is -2.53. The molecule has 128 valence electrons. The van der Waals surface area contributed by atoms with Gasteiger partial charge in [0, 0.05) is 40.9 Å². The third-order valence-corrected chi connectivity index (χ3v) is 5.77. The second-order valence-corrected chi connectivity index (χ2v) is 8.88. The summed E-state index contributed by atoms with van der Waals surface area (Å²) >= 11 is 0. The number of nitrogens with one attached hydrogen (secondary N) is 1. The molecule has 23 heavy (non-hydrogen) atoms. The van der Waals surface area contributed by atoms with Crippen molar-refractivity contribution in [1.82, 2.24) is 4.90 Å². The topological polar surface area (TPSA) is 58.6 Å². The zero-order chi connectivity index (χ0) is 17.0. The van der Waals surface area contributed by atoms with Crippen molar-refractivity contribution in [3.63, 3.8) is 0 Å². The number of anilines is 1. The maximum absolute atomic E-state index is 12.5. The van der Waals surface area contributed by atoms with Gasteiger partial charge in [0.2, 0.25) is 0 Å². The summed E-state index contributed by atoms with van der Waals surface area (Å²) < 4.78 is 17.3. The Morgan fingerprint density at radius 2 is 2.09 bits per heavy atom. The number of hydrogen-bond donors (Lipinski definition) is 1. The fourth-order valence-electron chi connectivity index (χ4n) is 2.47. The first kappa shape index (κ1) is 17.9. The van der Waals surface area contributed by atoms with Crippen molar-refractivity contribution in [1.29, 1.82) is 0 Å². The molecular weight excluding hydrogens is 312 g/mol. The molecule has 0 saturated carbocycles. The second kappa shape index (κ2) is 7.45. The van der Waals surface area contributed by atoms with E-state index >= 15 is 0 Å². The molecular formula is C17H26N2O3S. The summed E-state index contributed by atoms with van der Waals surface area (Å²) in [6.07, 6.45) is 0.136. The minimum absolute atomic E-state index is 0.136. The van der Waals surface area contributed by atoms with E-state index in [1.54, 1.807) is 4.90 Å². The van der Waals surface area contributed by atoms with Crippen LogP contribution in [0.15, 0.2) is 24.3 Å². The lowest BCUT2D eigenvalue weighted by Gasteiger charge is -2.37. The van der Waals surface area contributed by atoms with Gasteiger partial charge in [-0.1, -0.05) is 18.2 Å². The van der Waals surface area contributed by atoms with E-state index in [9.17, 15) is 9.00 Å². The van der Waals surface area contributed by atoms with Crippen LogP contribution in [0.3, 0.4) is 0 Å². The molecule has 1 aliphatic rings. The summed E-state index contributed by atoms with van der Waals surface area (Å²) in [6, 6.07) is 7.51. The highest BCUT2D eigenvalue weighted by Gasteiger charge is 2.35. The average Bonchev–Trinajstić information content (AvgIpc) is 2.49. The standard InChI is InChI=1S/C17H26N2O3S/c1-13(2)22-11-14-7-5-6-8-15(14)18-16(20)19-9-10-23(21)17(3,4)12-19/h5-8,13H,9-12H2,1-4H3,(H,18,20)/t23-/m1/s1. The van der Waals surface area contributed by atoms with E-state index in [1.165, 1.54) is 0 Å². The number of carbonyl (C=O) groups excluding carboxylic acids is 1. The summed E-state index contributed by atoms with van der Waals surface area (Å²) in [4.78, 5) is 14.3. The molecule has 2 amide bonds. The highest BCUT2D eigenvalue weighted by atomic mass is 32.2. The monoisotopic (exact) mass is 338 g/mol. The van der Waals surface area contributed by atoms with Crippen molar-refractivity contribution in [2.24, 2.45) is 0 Å². The SMILES string of the molecule is CC(C)OCc1ccccc1NC(=O)N1CC[S@@](=O)C(C)(C)C1. The molecule has 0 bridgehead atoms. The maximum atomic E-state index is 12.5. The van der Waals surface area contributed by atoms with E-state index in [4.69, 9.17) is 4.74 Å². The molecule has 1 aromatic carbocycles. The van der Waals surface area contributed by atoms with Gasteiger partial charge >= 0.3 is 6.03 Å². The number of carbonyl (C=O) groups is 1.